The lowest BCUT2D eigenvalue weighted by molar-refractivity contribution is -0.130. The first-order valence-corrected chi connectivity index (χ1v) is 9.46. The molecular weight excluding hydrogens is 362 g/mol. The number of hydrogen-bond acceptors (Lipinski definition) is 3. The first-order chi connectivity index (χ1) is 13.0. The molecule has 1 aliphatic heterocycles. The van der Waals surface area contributed by atoms with E-state index in [9.17, 15) is 9.59 Å². The first-order valence-electron chi connectivity index (χ1n) is 9.08. The molecule has 0 spiro atoms. The van der Waals surface area contributed by atoms with E-state index in [4.69, 9.17) is 11.6 Å². The highest BCUT2D eigenvalue weighted by Crippen LogP contribution is 2.23. The maximum atomic E-state index is 12.4. The number of piperazine rings is 1. The molecule has 0 aromatic heterocycles. The molecule has 1 aliphatic rings. The van der Waals surface area contributed by atoms with E-state index >= 15 is 0 Å². The molecule has 27 heavy (non-hydrogen) atoms. The average molecular weight is 386 g/mol. The largest absolute Gasteiger partial charge is 0.368 e. The summed E-state index contributed by atoms with van der Waals surface area (Å²) < 4.78 is 0. The normalized spacial score (nSPS) is 14.2. The number of nitrogens with zero attached hydrogens (tertiary/aromatic N) is 2. The third kappa shape index (κ3) is 4.61. The predicted molar refractivity (Wildman–Crippen MR) is 108 cm³/mol. The molecule has 1 heterocycles. The SMILES string of the molecule is Cc1cccc(N2CCN(C(=O)CNC(=O)c3ccc(Cl)cc3)CC2)c1C. The quantitative estimate of drug-likeness (QED) is 0.880. The van der Waals surface area contributed by atoms with Gasteiger partial charge in [0.1, 0.15) is 0 Å². The molecule has 2 aromatic rings. The molecule has 0 atom stereocenters. The Kier molecular flexibility index (Phi) is 6.01. The Morgan fingerprint density at radius 2 is 1.67 bits per heavy atom. The van der Waals surface area contributed by atoms with Crippen LogP contribution in [0.5, 0.6) is 0 Å². The molecule has 1 N–H and O–H groups in total. The van der Waals surface area contributed by atoms with Crippen molar-refractivity contribution in [1.82, 2.24) is 10.2 Å². The van der Waals surface area contributed by atoms with Gasteiger partial charge in [-0.2, -0.15) is 0 Å². The zero-order chi connectivity index (χ0) is 19.4. The van der Waals surface area contributed by atoms with Gasteiger partial charge in [0.15, 0.2) is 0 Å². The summed E-state index contributed by atoms with van der Waals surface area (Å²) in [6.07, 6.45) is 0. The minimum Gasteiger partial charge on any atom is -0.368 e. The molecule has 0 aliphatic carbocycles. The minimum absolute atomic E-state index is 0.00489. The summed E-state index contributed by atoms with van der Waals surface area (Å²) in [6.45, 7) is 7.15. The van der Waals surface area contributed by atoms with Gasteiger partial charge in [0.25, 0.3) is 5.91 Å². The van der Waals surface area contributed by atoms with Crippen molar-refractivity contribution in [2.24, 2.45) is 0 Å². The van der Waals surface area contributed by atoms with Crippen LogP contribution in [-0.2, 0) is 4.79 Å². The average Bonchev–Trinajstić information content (AvgIpc) is 2.68. The maximum absolute atomic E-state index is 12.4. The third-order valence-corrected chi connectivity index (χ3v) is 5.31. The van der Waals surface area contributed by atoms with E-state index in [-0.39, 0.29) is 18.4 Å². The van der Waals surface area contributed by atoms with E-state index in [1.54, 1.807) is 24.3 Å². The maximum Gasteiger partial charge on any atom is 0.251 e. The Balaban J connectivity index is 1.50. The Hall–Kier alpha value is -2.53. The first kappa shape index (κ1) is 19.2. The van der Waals surface area contributed by atoms with Crippen LogP contribution in [-0.4, -0.2) is 49.4 Å². The summed E-state index contributed by atoms with van der Waals surface area (Å²) in [6, 6.07) is 12.9. The molecule has 1 fully saturated rings. The second-order valence-electron chi connectivity index (χ2n) is 6.78. The van der Waals surface area contributed by atoms with Crippen molar-refractivity contribution < 1.29 is 9.59 Å². The van der Waals surface area contributed by atoms with Crippen LogP contribution >= 0.6 is 11.6 Å². The van der Waals surface area contributed by atoms with Crippen LogP contribution in [0.25, 0.3) is 0 Å². The summed E-state index contributed by atoms with van der Waals surface area (Å²) in [4.78, 5) is 28.7. The second kappa shape index (κ2) is 8.44. The van der Waals surface area contributed by atoms with Crippen molar-refractivity contribution >= 4 is 29.1 Å². The highest BCUT2D eigenvalue weighted by Gasteiger charge is 2.22. The molecule has 5 nitrogen and oxygen atoms in total. The Morgan fingerprint density at radius 3 is 2.33 bits per heavy atom. The van der Waals surface area contributed by atoms with E-state index in [0.29, 0.717) is 23.7 Å². The molecule has 0 saturated carbocycles. The highest BCUT2D eigenvalue weighted by molar-refractivity contribution is 6.30. The Labute approximate surface area is 164 Å². The molecule has 0 radical (unpaired) electrons. The van der Waals surface area contributed by atoms with Crippen LogP contribution < -0.4 is 10.2 Å². The molecule has 1 saturated heterocycles. The molecular formula is C21H24ClN3O2. The van der Waals surface area contributed by atoms with Gasteiger partial charge in [-0.05, 0) is 55.3 Å². The summed E-state index contributed by atoms with van der Waals surface area (Å²) in [5.74, 6) is -0.327. The molecule has 3 rings (SSSR count). The molecule has 0 unspecified atom stereocenters. The van der Waals surface area contributed by atoms with Crippen molar-refractivity contribution in [2.45, 2.75) is 13.8 Å². The number of hydrogen-bond donors (Lipinski definition) is 1. The van der Waals surface area contributed by atoms with E-state index in [0.717, 1.165) is 13.1 Å². The standard InChI is InChI=1S/C21H24ClN3O2/c1-15-4-3-5-19(16(15)2)24-10-12-25(13-11-24)20(26)14-23-21(27)17-6-8-18(22)9-7-17/h3-9H,10-14H2,1-2H3,(H,23,27). The number of nitrogens with one attached hydrogen (secondary N) is 1. The monoisotopic (exact) mass is 385 g/mol. The van der Waals surface area contributed by atoms with Crippen molar-refractivity contribution in [2.75, 3.05) is 37.6 Å². The van der Waals surface area contributed by atoms with Crippen molar-refractivity contribution in [3.8, 4) is 0 Å². The van der Waals surface area contributed by atoms with Gasteiger partial charge in [0, 0.05) is 42.5 Å². The summed E-state index contributed by atoms with van der Waals surface area (Å²) >= 11 is 5.82. The Morgan fingerprint density at radius 1 is 1.00 bits per heavy atom. The zero-order valence-electron chi connectivity index (χ0n) is 15.7. The molecule has 2 amide bonds. The fraction of sp³-hybridized carbons (Fsp3) is 0.333. The van der Waals surface area contributed by atoms with Crippen LogP contribution in [0.1, 0.15) is 21.5 Å². The van der Waals surface area contributed by atoms with Crippen LogP contribution in [0, 0.1) is 13.8 Å². The van der Waals surface area contributed by atoms with Gasteiger partial charge in [-0.3, -0.25) is 9.59 Å². The lowest BCUT2D eigenvalue weighted by atomic mass is 10.1. The van der Waals surface area contributed by atoms with Gasteiger partial charge in [-0.15, -0.1) is 0 Å². The fourth-order valence-electron chi connectivity index (χ4n) is 3.25. The van der Waals surface area contributed by atoms with E-state index < -0.39 is 0 Å². The highest BCUT2D eigenvalue weighted by atomic mass is 35.5. The summed E-state index contributed by atoms with van der Waals surface area (Å²) in [5.41, 5.74) is 4.29. The van der Waals surface area contributed by atoms with E-state index in [1.165, 1.54) is 16.8 Å². The van der Waals surface area contributed by atoms with E-state index in [1.807, 2.05) is 4.90 Å². The van der Waals surface area contributed by atoms with Gasteiger partial charge >= 0.3 is 0 Å². The van der Waals surface area contributed by atoms with Crippen LogP contribution in [0.2, 0.25) is 5.02 Å². The number of anilines is 1. The lowest BCUT2D eigenvalue weighted by Gasteiger charge is -2.37. The number of rotatable bonds is 4. The van der Waals surface area contributed by atoms with Gasteiger partial charge in [-0.25, -0.2) is 0 Å². The van der Waals surface area contributed by atoms with Crippen LogP contribution in [0.15, 0.2) is 42.5 Å². The molecule has 2 aromatic carbocycles. The third-order valence-electron chi connectivity index (χ3n) is 5.06. The van der Waals surface area contributed by atoms with Gasteiger partial charge in [-0.1, -0.05) is 23.7 Å². The Bertz CT molecular complexity index is 828. The number of halogens is 1. The number of carbonyl (C=O) groups excluding carboxylic acids is 2. The lowest BCUT2D eigenvalue weighted by Crippen LogP contribution is -2.51. The van der Waals surface area contributed by atoms with Crippen molar-refractivity contribution in [3.63, 3.8) is 0 Å². The van der Waals surface area contributed by atoms with Gasteiger partial charge < -0.3 is 15.1 Å². The van der Waals surface area contributed by atoms with Crippen LogP contribution in [0.3, 0.4) is 0 Å². The molecule has 142 valence electrons. The van der Waals surface area contributed by atoms with Crippen molar-refractivity contribution in [1.29, 1.82) is 0 Å². The van der Waals surface area contributed by atoms with E-state index in [2.05, 4.69) is 42.3 Å². The van der Waals surface area contributed by atoms with Crippen LogP contribution in [0.4, 0.5) is 5.69 Å². The predicted octanol–water partition coefficient (Wildman–Crippen LogP) is 3.04. The van der Waals surface area contributed by atoms with Crippen molar-refractivity contribution in [3.05, 3.63) is 64.2 Å². The van der Waals surface area contributed by atoms with Gasteiger partial charge in [0.05, 0.1) is 6.54 Å². The minimum atomic E-state index is -0.269. The zero-order valence-corrected chi connectivity index (χ0v) is 16.4. The number of carbonyl (C=O) groups is 2. The summed E-state index contributed by atoms with van der Waals surface area (Å²) in [7, 11) is 0. The van der Waals surface area contributed by atoms with Gasteiger partial charge in [0.2, 0.25) is 5.91 Å². The fourth-order valence-corrected chi connectivity index (χ4v) is 3.37. The number of amides is 2. The number of benzene rings is 2. The topological polar surface area (TPSA) is 52.6 Å². The second-order valence-corrected chi connectivity index (χ2v) is 7.21. The summed E-state index contributed by atoms with van der Waals surface area (Å²) in [5, 5.41) is 3.26. The number of aryl methyl sites for hydroxylation is 1. The molecule has 0 bridgehead atoms. The molecule has 6 heteroatoms. The smallest absolute Gasteiger partial charge is 0.251 e.